The number of aliphatic imine (C=N–C) groups is 1. The maximum Gasteiger partial charge on any atom is 0.274 e. The molecule has 1 heterocycles. The van der Waals surface area contributed by atoms with Gasteiger partial charge in [0.2, 0.25) is 0 Å². The number of carbonyl (C=O) groups excluding carboxylic acids is 1. The highest BCUT2D eigenvalue weighted by Gasteiger charge is 2.25. The third-order valence-electron chi connectivity index (χ3n) is 3.32. The molecule has 0 fully saturated rings. The molecule has 0 bridgehead atoms. The Morgan fingerprint density at radius 2 is 1.80 bits per heavy atom. The number of hydrogen-bond donors (Lipinski definition) is 1. The van der Waals surface area contributed by atoms with Crippen molar-refractivity contribution in [3.63, 3.8) is 0 Å². The van der Waals surface area contributed by atoms with Crippen molar-refractivity contribution in [1.82, 2.24) is 0 Å². The van der Waals surface area contributed by atoms with E-state index in [0.29, 0.717) is 5.71 Å². The predicted octanol–water partition coefficient (Wildman–Crippen LogP) is 3.95. The van der Waals surface area contributed by atoms with Crippen LogP contribution >= 0.6 is 15.9 Å². The topological polar surface area (TPSA) is 41.5 Å². The average Bonchev–Trinajstić information content (AvgIpc) is 2.76. The molecule has 0 radical (unpaired) electrons. The standard InChI is InChI=1S/C16H13BrN2O/c1-10(11-6-8-12(17)9-7-11)18-15-13-4-2-3-5-14(13)19-16(15)20/h2-10H,1H3,(H,18,19,20)/t10-/m1/s1. The molecule has 0 spiro atoms. The molecule has 1 amide bonds. The number of para-hydroxylation sites is 1. The zero-order chi connectivity index (χ0) is 14.1. The van der Waals surface area contributed by atoms with Gasteiger partial charge in [0.1, 0.15) is 5.71 Å². The number of anilines is 1. The van der Waals surface area contributed by atoms with Gasteiger partial charge in [0.15, 0.2) is 0 Å². The Kier molecular flexibility index (Phi) is 3.40. The molecule has 0 aliphatic carbocycles. The van der Waals surface area contributed by atoms with E-state index >= 15 is 0 Å². The van der Waals surface area contributed by atoms with Gasteiger partial charge in [-0.15, -0.1) is 0 Å². The van der Waals surface area contributed by atoms with Crippen molar-refractivity contribution in [3.8, 4) is 0 Å². The molecule has 3 nitrogen and oxygen atoms in total. The van der Waals surface area contributed by atoms with Crippen LogP contribution in [0, 0.1) is 0 Å². The van der Waals surface area contributed by atoms with Crippen LogP contribution in [0.15, 0.2) is 58.0 Å². The molecule has 20 heavy (non-hydrogen) atoms. The molecule has 1 atom stereocenters. The Bertz CT molecular complexity index is 692. The number of fused-ring (bicyclic) bond motifs is 1. The maximum atomic E-state index is 12.0. The summed E-state index contributed by atoms with van der Waals surface area (Å²) < 4.78 is 1.03. The molecule has 0 unspecified atom stereocenters. The van der Waals surface area contributed by atoms with Crippen molar-refractivity contribution in [2.75, 3.05) is 5.32 Å². The van der Waals surface area contributed by atoms with Crippen LogP contribution < -0.4 is 5.32 Å². The molecule has 0 saturated heterocycles. The molecule has 0 saturated carbocycles. The Hall–Kier alpha value is -1.94. The fourth-order valence-electron chi connectivity index (χ4n) is 2.24. The van der Waals surface area contributed by atoms with Gasteiger partial charge in [-0.05, 0) is 30.7 Å². The first kappa shape index (κ1) is 13.1. The van der Waals surface area contributed by atoms with Gasteiger partial charge in [-0.1, -0.05) is 46.3 Å². The molecule has 2 aromatic carbocycles. The summed E-state index contributed by atoms with van der Waals surface area (Å²) in [6, 6.07) is 15.5. The highest BCUT2D eigenvalue weighted by atomic mass is 79.9. The molecule has 0 aromatic heterocycles. The van der Waals surface area contributed by atoms with Gasteiger partial charge in [-0.2, -0.15) is 0 Å². The second-order valence-corrected chi connectivity index (χ2v) is 5.62. The van der Waals surface area contributed by atoms with Crippen LogP contribution in [0.1, 0.15) is 24.1 Å². The van der Waals surface area contributed by atoms with Crippen molar-refractivity contribution < 1.29 is 4.79 Å². The minimum Gasteiger partial charge on any atom is -0.320 e. The summed E-state index contributed by atoms with van der Waals surface area (Å²) >= 11 is 3.41. The number of nitrogens with one attached hydrogen (secondary N) is 1. The number of benzene rings is 2. The predicted molar refractivity (Wildman–Crippen MR) is 84.2 cm³/mol. The smallest absolute Gasteiger partial charge is 0.274 e. The highest BCUT2D eigenvalue weighted by molar-refractivity contribution is 9.10. The molecule has 1 aliphatic heterocycles. The summed E-state index contributed by atoms with van der Waals surface area (Å²) in [5.41, 5.74) is 3.30. The normalized spacial score (nSPS) is 16.9. The maximum absolute atomic E-state index is 12.0. The lowest BCUT2D eigenvalue weighted by atomic mass is 10.1. The summed E-state index contributed by atoms with van der Waals surface area (Å²) in [5.74, 6) is -0.129. The van der Waals surface area contributed by atoms with E-state index in [1.165, 1.54) is 0 Å². The summed E-state index contributed by atoms with van der Waals surface area (Å²) in [5, 5.41) is 2.84. The minimum atomic E-state index is -0.129. The summed E-state index contributed by atoms with van der Waals surface area (Å²) in [4.78, 5) is 16.6. The van der Waals surface area contributed by atoms with E-state index in [0.717, 1.165) is 21.3 Å². The van der Waals surface area contributed by atoms with Gasteiger partial charge >= 0.3 is 0 Å². The number of nitrogens with zero attached hydrogens (tertiary/aromatic N) is 1. The van der Waals surface area contributed by atoms with Crippen LogP contribution in [0.5, 0.6) is 0 Å². The SMILES string of the molecule is C[C@@H](N=C1C(=O)Nc2ccccc21)c1ccc(Br)cc1. The van der Waals surface area contributed by atoms with E-state index in [4.69, 9.17) is 0 Å². The van der Waals surface area contributed by atoms with Gasteiger partial charge in [0.25, 0.3) is 5.91 Å². The molecule has 2 aromatic rings. The number of amides is 1. The third kappa shape index (κ3) is 2.39. The largest absolute Gasteiger partial charge is 0.320 e. The van der Waals surface area contributed by atoms with Crippen molar-refractivity contribution in [3.05, 3.63) is 64.1 Å². The second kappa shape index (κ2) is 5.21. The van der Waals surface area contributed by atoms with Crippen LogP contribution in [0.25, 0.3) is 0 Å². The van der Waals surface area contributed by atoms with Gasteiger partial charge in [0.05, 0.1) is 11.7 Å². The lowest BCUT2D eigenvalue weighted by Crippen LogP contribution is -2.15. The Balaban J connectivity index is 1.96. The molecule has 4 heteroatoms. The highest BCUT2D eigenvalue weighted by Crippen LogP contribution is 2.26. The second-order valence-electron chi connectivity index (χ2n) is 4.70. The molecular weight excluding hydrogens is 316 g/mol. The van der Waals surface area contributed by atoms with Crippen molar-refractivity contribution >= 4 is 33.2 Å². The van der Waals surface area contributed by atoms with Gasteiger partial charge in [-0.3, -0.25) is 9.79 Å². The number of rotatable bonds is 2. The molecule has 1 aliphatic rings. The third-order valence-corrected chi connectivity index (χ3v) is 3.85. The van der Waals surface area contributed by atoms with Crippen LogP contribution in [-0.4, -0.2) is 11.6 Å². The van der Waals surface area contributed by atoms with E-state index in [1.807, 2.05) is 55.5 Å². The van der Waals surface area contributed by atoms with Gasteiger partial charge in [-0.25, -0.2) is 0 Å². The van der Waals surface area contributed by atoms with E-state index in [1.54, 1.807) is 0 Å². The number of carbonyl (C=O) groups is 1. The van der Waals surface area contributed by atoms with Crippen LogP contribution in [0.3, 0.4) is 0 Å². The Morgan fingerprint density at radius 1 is 1.10 bits per heavy atom. The van der Waals surface area contributed by atoms with E-state index in [9.17, 15) is 4.79 Å². The van der Waals surface area contributed by atoms with Crippen molar-refractivity contribution in [2.24, 2.45) is 4.99 Å². The first-order chi connectivity index (χ1) is 9.65. The number of hydrogen-bond acceptors (Lipinski definition) is 2. The molecule has 1 N–H and O–H groups in total. The lowest BCUT2D eigenvalue weighted by Gasteiger charge is -2.08. The quantitative estimate of drug-likeness (QED) is 0.890. The van der Waals surface area contributed by atoms with Crippen molar-refractivity contribution in [1.29, 1.82) is 0 Å². The first-order valence-corrected chi connectivity index (χ1v) is 7.18. The zero-order valence-electron chi connectivity index (χ0n) is 10.9. The molecule has 100 valence electrons. The van der Waals surface area contributed by atoms with Crippen molar-refractivity contribution in [2.45, 2.75) is 13.0 Å². The summed E-state index contributed by atoms with van der Waals surface area (Å²) in [6.45, 7) is 1.99. The van der Waals surface area contributed by atoms with Gasteiger partial charge < -0.3 is 5.32 Å². The Morgan fingerprint density at radius 3 is 2.55 bits per heavy atom. The van der Waals surface area contributed by atoms with Crippen LogP contribution in [-0.2, 0) is 4.79 Å². The minimum absolute atomic E-state index is 0.0602. The fourth-order valence-corrected chi connectivity index (χ4v) is 2.50. The first-order valence-electron chi connectivity index (χ1n) is 6.39. The van der Waals surface area contributed by atoms with Crippen LogP contribution in [0.2, 0.25) is 0 Å². The molecule has 3 rings (SSSR count). The van der Waals surface area contributed by atoms with E-state index < -0.39 is 0 Å². The summed E-state index contributed by atoms with van der Waals surface area (Å²) in [6.07, 6.45) is 0. The summed E-state index contributed by atoms with van der Waals surface area (Å²) in [7, 11) is 0. The zero-order valence-corrected chi connectivity index (χ0v) is 12.5. The monoisotopic (exact) mass is 328 g/mol. The Labute approximate surface area is 125 Å². The fraction of sp³-hybridized carbons (Fsp3) is 0.125. The van der Waals surface area contributed by atoms with Gasteiger partial charge in [0, 0.05) is 10.0 Å². The number of halogens is 1. The lowest BCUT2D eigenvalue weighted by molar-refractivity contribution is -0.110. The molecular formula is C16H13BrN2O. The van der Waals surface area contributed by atoms with E-state index in [-0.39, 0.29) is 11.9 Å². The van der Waals surface area contributed by atoms with E-state index in [2.05, 4.69) is 26.2 Å². The van der Waals surface area contributed by atoms with Crippen LogP contribution in [0.4, 0.5) is 5.69 Å². The average molecular weight is 329 g/mol.